The Bertz CT molecular complexity index is 351. The third-order valence-corrected chi connectivity index (χ3v) is 5.09. The van der Waals surface area contributed by atoms with Gasteiger partial charge in [-0.15, -0.1) is 0 Å². The van der Waals surface area contributed by atoms with Gasteiger partial charge in [0.05, 0.1) is 5.92 Å². The number of carbonyl (C=O) groups is 2. The van der Waals surface area contributed by atoms with Gasteiger partial charge >= 0.3 is 41.5 Å². The number of rotatable bonds is 18. The predicted octanol–water partition coefficient (Wildman–Crippen LogP) is 4.48. The Balaban J connectivity index is -0.00000312. The van der Waals surface area contributed by atoms with Crippen LogP contribution in [-0.2, 0) is 14.3 Å². The van der Waals surface area contributed by atoms with E-state index in [4.69, 9.17) is 4.74 Å². The topological polar surface area (TPSA) is 43.4 Å². The molecule has 0 saturated carbocycles. The average Bonchev–Trinajstić information content (AvgIpc) is 2.62. The first-order valence-corrected chi connectivity index (χ1v) is 11.4. The van der Waals surface area contributed by atoms with E-state index >= 15 is 0 Å². The van der Waals surface area contributed by atoms with Gasteiger partial charge in [0.15, 0.2) is 0 Å². The number of carbonyl (C=O) groups excluding carboxylic acids is 2. The van der Waals surface area contributed by atoms with Crippen LogP contribution >= 0.6 is 0 Å². The van der Waals surface area contributed by atoms with Crippen LogP contribution in [0.5, 0.6) is 0 Å². The standard InChI is InChI=1S/C23H44O3.Na.H/c1-4-6-8-10-12-14-15-17-19-21(3)23(25)26-22(24)20-18-16-13-11-9-7-5-2;;/h21H,4-20H2,1-3H3;;/q;+1;-1. The Kier molecular flexibility index (Phi) is 24.4. The van der Waals surface area contributed by atoms with Gasteiger partial charge in [-0.05, 0) is 12.8 Å². The molecule has 0 aliphatic rings. The van der Waals surface area contributed by atoms with Crippen LogP contribution in [0.1, 0.15) is 131 Å². The van der Waals surface area contributed by atoms with Crippen molar-refractivity contribution < 1.29 is 45.3 Å². The second-order valence-corrected chi connectivity index (χ2v) is 7.83. The average molecular weight is 393 g/mol. The fraction of sp³-hybridized carbons (Fsp3) is 0.913. The molecule has 0 amide bonds. The van der Waals surface area contributed by atoms with Crippen LogP contribution < -0.4 is 29.6 Å². The number of hydrogen-bond acceptors (Lipinski definition) is 3. The molecule has 156 valence electrons. The quantitative estimate of drug-likeness (QED) is 0.149. The van der Waals surface area contributed by atoms with Gasteiger partial charge in [0.2, 0.25) is 0 Å². The van der Waals surface area contributed by atoms with E-state index in [1.807, 2.05) is 6.92 Å². The normalized spacial score (nSPS) is 11.7. The minimum atomic E-state index is -0.341. The predicted molar refractivity (Wildman–Crippen MR) is 111 cm³/mol. The van der Waals surface area contributed by atoms with Crippen LogP contribution in [0, 0.1) is 5.92 Å². The van der Waals surface area contributed by atoms with E-state index < -0.39 is 0 Å². The maximum atomic E-state index is 12.0. The largest absolute Gasteiger partial charge is 1.00 e. The van der Waals surface area contributed by atoms with Crippen molar-refractivity contribution in [1.82, 2.24) is 0 Å². The summed E-state index contributed by atoms with van der Waals surface area (Å²) in [5, 5.41) is 0. The van der Waals surface area contributed by atoms with Gasteiger partial charge in [-0.25, -0.2) is 0 Å². The van der Waals surface area contributed by atoms with E-state index in [0.29, 0.717) is 6.42 Å². The van der Waals surface area contributed by atoms with Crippen molar-refractivity contribution in [2.24, 2.45) is 5.92 Å². The maximum Gasteiger partial charge on any atom is 1.00 e. The molecule has 0 N–H and O–H groups in total. The molecule has 0 heterocycles. The number of ether oxygens (including phenoxy) is 1. The van der Waals surface area contributed by atoms with Gasteiger partial charge in [0.1, 0.15) is 0 Å². The van der Waals surface area contributed by atoms with Crippen LogP contribution in [0.3, 0.4) is 0 Å². The van der Waals surface area contributed by atoms with Gasteiger partial charge in [-0.3, -0.25) is 9.59 Å². The summed E-state index contributed by atoms with van der Waals surface area (Å²) in [6.07, 6.45) is 19.5. The van der Waals surface area contributed by atoms with Crippen molar-refractivity contribution >= 4 is 11.9 Å². The second kappa shape index (κ2) is 22.4. The number of esters is 2. The Hall–Kier alpha value is 0.140. The molecule has 0 aliphatic heterocycles. The summed E-state index contributed by atoms with van der Waals surface area (Å²) < 4.78 is 5.00. The van der Waals surface area contributed by atoms with Crippen molar-refractivity contribution in [3.8, 4) is 0 Å². The third-order valence-electron chi connectivity index (χ3n) is 5.09. The first-order chi connectivity index (χ1) is 12.6. The molecule has 1 unspecified atom stereocenters. The SMILES string of the molecule is CCCCCCCCCCC(C)C(=O)OC(=O)CCCCCCCCC.[H-].[Na+]. The summed E-state index contributed by atoms with van der Waals surface area (Å²) in [6, 6.07) is 0. The number of unbranched alkanes of at least 4 members (excludes halogenated alkanes) is 13. The molecule has 0 aromatic heterocycles. The molecule has 0 saturated heterocycles. The fourth-order valence-corrected chi connectivity index (χ4v) is 3.19. The molecular weight excluding hydrogens is 347 g/mol. The smallest absolute Gasteiger partial charge is 1.00 e. The minimum Gasteiger partial charge on any atom is -1.00 e. The Morgan fingerprint density at radius 3 is 1.59 bits per heavy atom. The van der Waals surface area contributed by atoms with Crippen LogP contribution in [0.15, 0.2) is 0 Å². The van der Waals surface area contributed by atoms with Crippen molar-refractivity contribution in [3.05, 3.63) is 0 Å². The summed E-state index contributed by atoms with van der Waals surface area (Å²) in [6.45, 7) is 6.33. The van der Waals surface area contributed by atoms with Gasteiger partial charge in [0.25, 0.3) is 0 Å². The Labute approximate surface area is 192 Å². The summed E-state index contributed by atoms with van der Waals surface area (Å²) in [4.78, 5) is 23.7. The van der Waals surface area contributed by atoms with E-state index in [9.17, 15) is 9.59 Å². The zero-order valence-corrected chi connectivity index (χ0v) is 20.8. The molecule has 27 heavy (non-hydrogen) atoms. The third kappa shape index (κ3) is 20.7. The Morgan fingerprint density at radius 2 is 1.11 bits per heavy atom. The van der Waals surface area contributed by atoms with Crippen LogP contribution in [0.4, 0.5) is 0 Å². The van der Waals surface area contributed by atoms with Crippen molar-refractivity contribution in [3.63, 3.8) is 0 Å². The molecule has 3 nitrogen and oxygen atoms in total. The van der Waals surface area contributed by atoms with Crippen molar-refractivity contribution in [2.75, 3.05) is 0 Å². The van der Waals surface area contributed by atoms with E-state index in [1.165, 1.54) is 77.0 Å². The summed E-state index contributed by atoms with van der Waals surface area (Å²) in [5.41, 5.74) is 0. The molecule has 0 bridgehead atoms. The molecule has 0 aliphatic carbocycles. The maximum absolute atomic E-state index is 12.0. The number of hydrogen-bond donors (Lipinski definition) is 0. The molecule has 0 fully saturated rings. The molecule has 0 spiro atoms. The zero-order valence-electron chi connectivity index (χ0n) is 19.8. The van der Waals surface area contributed by atoms with Gasteiger partial charge < -0.3 is 6.16 Å². The molecule has 0 aromatic carbocycles. The van der Waals surface area contributed by atoms with E-state index in [2.05, 4.69) is 13.8 Å². The zero-order chi connectivity index (χ0) is 19.5. The van der Waals surface area contributed by atoms with E-state index in [-0.39, 0.29) is 48.8 Å². The first-order valence-electron chi connectivity index (χ1n) is 11.4. The molecular formula is C23H45NaO3. The van der Waals surface area contributed by atoms with Crippen LogP contribution in [0.25, 0.3) is 0 Å². The molecule has 0 radical (unpaired) electrons. The van der Waals surface area contributed by atoms with E-state index in [0.717, 1.165) is 25.7 Å². The monoisotopic (exact) mass is 392 g/mol. The second-order valence-electron chi connectivity index (χ2n) is 7.83. The van der Waals surface area contributed by atoms with Gasteiger partial charge in [-0.2, -0.15) is 0 Å². The molecule has 1 atom stereocenters. The molecule has 0 rings (SSSR count). The molecule has 4 heteroatoms. The summed E-state index contributed by atoms with van der Waals surface area (Å²) in [5.74, 6) is -0.833. The van der Waals surface area contributed by atoms with Crippen LogP contribution in [-0.4, -0.2) is 11.9 Å². The summed E-state index contributed by atoms with van der Waals surface area (Å²) >= 11 is 0. The van der Waals surface area contributed by atoms with Crippen LogP contribution in [0.2, 0.25) is 0 Å². The van der Waals surface area contributed by atoms with Crippen molar-refractivity contribution in [2.45, 2.75) is 130 Å². The molecule has 0 aromatic rings. The van der Waals surface area contributed by atoms with E-state index in [1.54, 1.807) is 0 Å². The minimum absolute atomic E-state index is 0. The van der Waals surface area contributed by atoms with Gasteiger partial charge in [0, 0.05) is 6.42 Å². The first kappa shape index (κ1) is 29.3. The fourth-order valence-electron chi connectivity index (χ4n) is 3.19. The summed E-state index contributed by atoms with van der Waals surface area (Å²) in [7, 11) is 0. The van der Waals surface area contributed by atoms with Crippen molar-refractivity contribution in [1.29, 1.82) is 0 Å². The Morgan fingerprint density at radius 1 is 0.704 bits per heavy atom. The van der Waals surface area contributed by atoms with Gasteiger partial charge in [-0.1, -0.05) is 111 Å².